The molecule has 0 radical (unpaired) electrons. The molecule has 3 N–H and O–H groups in total. The summed E-state index contributed by atoms with van der Waals surface area (Å²) in [5, 5.41) is 7.75. The number of hydrogen-bond acceptors (Lipinski definition) is 9. The molecule has 0 unspecified atom stereocenters. The third-order valence-electron chi connectivity index (χ3n) is 7.98. The monoisotopic (exact) mass is 568 g/mol. The van der Waals surface area contributed by atoms with Gasteiger partial charge in [-0.05, 0) is 49.2 Å². The number of piperazine rings is 1. The van der Waals surface area contributed by atoms with Crippen LogP contribution in [0.3, 0.4) is 0 Å². The zero-order chi connectivity index (χ0) is 29.2. The van der Waals surface area contributed by atoms with Crippen molar-refractivity contribution in [1.29, 1.82) is 0 Å². The first-order valence-corrected chi connectivity index (χ1v) is 14.1. The Morgan fingerprint density at radius 3 is 2.74 bits per heavy atom. The van der Waals surface area contributed by atoms with E-state index in [1.807, 2.05) is 30.5 Å². The maximum absolute atomic E-state index is 12.0. The van der Waals surface area contributed by atoms with E-state index in [1.54, 1.807) is 18.8 Å². The van der Waals surface area contributed by atoms with Crippen LogP contribution >= 0.6 is 0 Å². The standard InChI is InChI=1S/C31H36N8O3/c1-37-13-14-39(23(17-37)19-42-18-20-7-5-4-6-8-20)22-10-12-26(41-3)25(15-22)34-31-33-16-21-9-11-24-28(30(32)40)36-38(2)29(24)27(21)35-31/h4-8,10,12,15-16,23H,9,11,13-14,17-19H2,1-3H3,(H2,32,40)(H,33,34,35)/t23-/m0/s1. The Morgan fingerprint density at radius 1 is 1.12 bits per heavy atom. The van der Waals surface area contributed by atoms with Crippen molar-refractivity contribution in [2.24, 2.45) is 12.8 Å². The molecule has 1 amide bonds. The van der Waals surface area contributed by atoms with Crippen molar-refractivity contribution in [3.05, 3.63) is 77.1 Å². The van der Waals surface area contributed by atoms with Gasteiger partial charge in [-0.3, -0.25) is 9.48 Å². The molecule has 1 fully saturated rings. The highest BCUT2D eigenvalue weighted by Crippen LogP contribution is 2.36. The Morgan fingerprint density at radius 2 is 1.95 bits per heavy atom. The fraction of sp³-hybridized carbons (Fsp3) is 0.355. The Labute approximate surface area is 245 Å². The van der Waals surface area contributed by atoms with Crippen molar-refractivity contribution in [1.82, 2.24) is 24.6 Å². The second kappa shape index (κ2) is 11.8. The van der Waals surface area contributed by atoms with Crippen LogP contribution in [0.1, 0.15) is 27.2 Å². The first-order chi connectivity index (χ1) is 20.4. The number of benzene rings is 2. The number of carbonyl (C=O) groups is 1. The van der Waals surface area contributed by atoms with Crippen LogP contribution < -0.4 is 20.7 Å². The SMILES string of the molecule is COc1ccc(N2CCN(C)C[C@H]2COCc2ccccc2)cc1Nc1ncc2c(n1)-c1c(c(C(N)=O)nn1C)CC2. The van der Waals surface area contributed by atoms with Crippen LogP contribution in [0.5, 0.6) is 5.75 Å². The van der Waals surface area contributed by atoms with Gasteiger partial charge in [-0.15, -0.1) is 0 Å². The average Bonchev–Trinajstić information content (AvgIpc) is 3.35. The molecule has 2 aromatic heterocycles. The Hall–Kier alpha value is -4.48. The summed E-state index contributed by atoms with van der Waals surface area (Å²) in [7, 11) is 5.60. The van der Waals surface area contributed by atoms with Crippen molar-refractivity contribution in [2.45, 2.75) is 25.5 Å². The van der Waals surface area contributed by atoms with E-state index in [4.69, 9.17) is 20.2 Å². The topological polar surface area (TPSA) is 124 Å². The normalized spacial score (nSPS) is 16.5. The van der Waals surface area contributed by atoms with E-state index in [9.17, 15) is 4.79 Å². The molecule has 2 aromatic carbocycles. The number of carbonyl (C=O) groups excluding carboxylic acids is 1. The van der Waals surface area contributed by atoms with Gasteiger partial charge < -0.3 is 30.3 Å². The number of likely N-dealkylation sites (N-methyl/N-ethyl adjacent to an activating group) is 1. The fourth-order valence-corrected chi connectivity index (χ4v) is 5.89. The van der Waals surface area contributed by atoms with E-state index < -0.39 is 5.91 Å². The highest BCUT2D eigenvalue weighted by Gasteiger charge is 2.29. The number of aromatic nitrogens is 4. The van der Waals surface area contributed by atoms with Gasteiger partial charge in [0, 0.05) is 44.1 Å². The van der Waals surface area contributed by atoms with Crippen molar-refractivity contribution >= 4 is 23.2 Å². The summed E-state index contributed by atoms with van der Waals surface area (Å²) in [4.78, 5) is 26.2. The van der Waals surface area contributed by atoms with Gasteiger partial charge in [0.2, 0.25) is 5.95 Å². The highest BCUT2D eigenvalue weighted by atomic mass is 16.5. The summed E-state index contributed by atoms with van der Waals surface area (Å²) in [6, 6.07) is 16.6. The van der Waals surface area contributed by atoms with Gasteiger partial charge in [0.25, 0.3) is 5.91 Å². The molecular formula is C31H36N8O3. The Balaban J connectivity index is 1.25. The van der Waals surface area contributed by atoms with E-state index in [0.717, 1.165) is 53.5 Å². The largest absolute Gasteiger partial charge is 0.495 e. The molecule has 3 heterocycles. The van der Waals surface area contributed by atoms with Gasteiger partial charge in [0.15, 0.2) is 5.69 Å². The Kier molecular flexibility index (Phi) is 7.77. The number of amides is 1. The molecule has 4 aromatic rings. The maximum atomic E-state index is 12.0. The molecule has 1 aliphatic carbocycles. The van der Waals surface area contributed by atoms with E-state index in [-0.39, 0.29) is 6.04 Å². The van der Waals surface area contributed by atoms with Gasteiger partial charge in [-0.25, -0.2) is 9.97 Å². The van der Waals surface area contributed by atoms with Crippen LogP contribution in [0.25, 0.3) is 11.4 Å². The fourth-order valence-electron chi connectivity index (χ4n) is 5.89. The summed E-state index contributed by atoms with van der Waals surface area (Å²) < 4.78 is 13.6. The van der Waals surface area contributed by atoms with Crippen molar-refractivity contribution in [2.75, 3.05) is 50.6 Å². The summed E-state index contributed by atoms with van der Waals surface area (Å²) >= 11 is 0. The van der Waals surface area contributed by atoms with Crippen molar-refractivity contribution in [3.8, 4) is 17.1 Å². The van der Waals surface area contributed by atoms with Crippen molar-refractivity contribution < 1.29 is 14.3 Å². The third-order valence-corrected chi connectivity index (χ3v) is 7.98. The number of methoxy groups -OCH3 is 1. The Bertz CT molecular complexity index is 1590. The molecule has 0 saturated carbocycles. The predicted octanol–water partition coefficient (Wildman–Crippen LogP) is 3.16. The second-order valence-corrected chi connectivity index (χ2v) is 10.9. The summed E-state index contributed by atoms with van der Waals surface area (Å²) in [6.07, 6.45) is 3.22. The maximum Gasteiger partial charge on any atom is 0.269 e. The lowest BCUT2D eigenvalue weighted by Crippen LogP contribution is -2.54. The molecule has 0 bridgehead atoms. The number of anilines is 3. The quantitative estimate of drug-likeness (QED) is 0.313. The van der Waals surface area contributed by atoms with Crippen molar-refractivity contribution in [3.63, 3.8) is 0 Å². The van der Waals surface area contributed by atoms with E-state index in [2.05, 4.69) is 56.5 Å². The first kappa shape index (κ1) is 27.7. The average molecular weight is 569 g/mol. The van der Waals surface area contributed by atoms with Crippen LogP contribution in [0.15, 0.2) is 54.7 Å². The molecule has 42 heavy (non-hydrogen) atoms. The summed E-state index contributed by atoms with van der Waals surface area (Å²) in [6.45, 7) is 3.93. The zero-order valence-corrected chi connectivity index (χ0v) is 24.2. The predicted molar refractivity (Wildman–Crippen MR) is 161 cm³/mol. The molecule has 6 rings (SSSR count). The number of fused-ring (bicyclic) bond motifs is 3. The van der Waals surface area contributed by atoms with Gasteiger partial charge >= 0.3 is 0 Å². The van der Waals surface area contributed by atoms with E-state index in [1.165, 1.54) is 5.56 Å². The smallest absolute Gasteiger partial charge is 0.269 e. The van der Waals surface area contributed by atoms with E-state index >= 15 is 0 Å². The molecule has 11 heteroatoms. The van der Waals surface area contributed by atoms with Gasteiger partial charge in [0.05, 0.1) is 43.4 Å². The van der Waals surface area contributed by atoms with Crippen LogP contribution in [0, 0.1) is 0 Å². The van der Waals surface area contributed by atoms with Gasteiger partial charge in [-0.2, -0.15) is 5.10 Å². The molecule has 1 atom stereocenters. The minimum absolute atomic E-state index is 0.191. The lowest BCUT2D eigenvalue weighted by atomic mass is 9.93. The number of primary amides is 1. The minimum atomic E-state index is -0.531. The number of nitrogens with two attached hydrogens (primary N) is 1. The third kappa shape index (κ3) is 5.53. The first-order valence-electron chi connectivity index (χ1n) is 14.1. The molecule has 2 aliphatic rings. The molecule has 0 spiro atoms. The lowest BCUT2D eigenvalue weighted by Gasteiger charge is -2.41. The minimum Gasteiger partial charge on any atom is -0.495 e. The van der Waals surface area contributed by atoms with Crippen LogP contribution in [-0.4, -0.2) is 77.0 Å². The lowest BCUT2D eigenvalue weighted by molar-refractivity contribution is 0.0882. The zero-order valence-electron chi connectivity index (χ0n) is 24.2. The summed E-state index contributed by atoms with van der Waals surface area (Å²) in [5.41, 5.74) is 12.3. The molecule has 11 nitrogen and oxygen atoms in total. The van der Waals surface area contributed by atoms with E-state index in [0.29, 0.717) is 43.4 Å². The van der Waals surface area contributed by atoms with Crippen LogP contribution in [0.4, 0.5) is 17.3 Å². The molecule has 1 saturated heterocycles. The number of hydrogen-bond donors (Lipinski definition) is 2. The van der Waals surface area contributed by atoms with Gasteiger partial charge in [-0.1, -0.05) is 30.3 Å². The number of aryl methyl sites for hydroxylation is 2. The number of ether oxygens (including phenoxy) is 2. The van der Waals surface area contributed by atoms with Crippen LogP contribution in [-0.2, 0) is 31.2 Å². The van der Waals surface area contributed by atoms with Gasteiger partial charge in [0.1, 0.15) is 5.75 Å². The second-order valence-electron chi connectivity index (χ2n) is 10.9. The number of rotatable bonds is 9. The molecule has 1 aliphatic heterocycles. The highest BCUT2D eigenvalue weighted by molar-refractivity contribution is 5.94. The van der Waals surface area contributed by atoms with Crippen LogP contribution in [0.2, 0.25) is 0 Å². The molecular weight excluding hydrogens is 532 g/mol. The molecule has 218 valence electrons. The number of nitrogens with one attached hydrogen (secondary N) is 1. The number of nitrogens with zero attached hydrogens (tertiary/aromatic N) is 6. The summed E-state index contributed by atoms with van der Waals surface area (Å²) in [5.74, 6) is 0.584.